The molecule has 0 saturated carbocycles. The summed E-state index contributed by atoms with van der Waals surface area (Å²) in [6.45, 7) is 5.21. The van der Waals surface area contributed by atoms with Crippen LogP contribution in [-0.2, 0) is 17.4 Å². The average molecular weight is 426 g/mol. The van der Waals surface area contributed by atoms with Crippen LogP contribution in [0.15, 0.2) is 18.2 Å². The Balaban J connectivity index is 1.27. The van der Waals surface area contributed by atoms with E-state index in [4.69, 9.17) is 0 Å². The van der Waals surface area contributed by atoms with Crippen molar-refractivity contribution in [1.82, 2.24) is 14.8 Å². The summed E-state index contributed by atoms with van der Waals surface area (Å²) in [4.78, 5) is 21.4. The van der Waals surface area contributed by atoms with Crippen LogP contribution >= 0.6 is 11.3 Å². The zero-order valence-corrected chi connectivity index (χ0v) is 17.2. The van der Waals surface area contributed by atoms with Gasteiger partial charge in [-0.05, 0) is 62.9 Å². The van der Waals surface area contributed by atoms with Gasteiger partial charge in [-0.1, -0.05) is 0 Å². The molecule has 2 fully saturated rings. The molecule has 8 heteroatoms. The summed E-state index contributed by atoms with van der Waals surface area (Å²) in [5, 5.41) is 0.719. The number of aromatic nitrogens is 1. The molecule has 158 valence electrons. The Bertz CT molecular complexity index is 852. The summed E-state index contributed by atoms with van der Waals surface area (Å²) < 4.78 is 39.3. The SMILES string of the molecule is O=C(CCc1nc2cc(C(F)(F)F)ccc2s1)N1CCC(CN2CCCC2)CC1. The maximum Gasteiger partial charge on any atom is 0.416 e. The summed E-state index contributed by atoms with van der Waals surface area (Å²) in [6.07, 6.45) is 1.21. The molecule has 4 nitrogen and oxygen atoms in total. The number of halogens is 3. The fourth-order valence-corrected chi connectivity index (χ4v) is 5.27. The standard InChI is InChI=1S/C21H26F3N3OS/c22-21(23,24)16-3-4-18-17(13-16)25-19(29-18)5-6-20(28)27-11-7-15(8-12-27)14-26-9-1-2-10-26/h3-4,13,15H,1-2,5-12,14H2. The first-order valence-corrected chi connectivity index (χ1v) is 11.2. The highest BCUT2D eigenvalue weighted by molar-refractivity contribution is 7.18. The lowest BCUT2D eigenvalue weighted by atomic mass is 9.96. The molecule has 4 rings (SSSR count). The van der Waals surface area contributed by atoms with Crippen LogP contribution in [0.3, 0.4) is 0 Å². The number of fused-ring (bicyclic) bond motifs is 1. The molecule has 2 saturated heterocycles. The highest BCUT2D eigenvalue weighted by atomic mass is 32.1. The smallest absolute Gasteiger partial charge is 0.343 e. The Labute approximate surface area is 172 Å². The predicted molar refractivity (Wildman–Crippen MR) is 108 cm³/mol. The second-order valence-corrected chi connectivity index (χ2v) is 9.23. The number of rotatable bonds is 5. The molecular weight excluding hydrogens is 399 g/mol. The summed E-state index contributed by atoms with van der Waals surface area (Å²) in [6, 6.07) is 3.64. The van der Waals surface area contributed by atoms with Gasteiger partial charge in [0.1, 0.15) is 0 Å². The van der Waals surface area contributed by atoms with Crippen molar-refractivity contribution in [2.24, 2.45) is 5.92 Å². The zero-order valence-electron chi connectivity index (χ0n) is 16.4. The van der Waals surface area contributed by atoms with E-state index in [0.717, 1.165) is 54.3 Å². The second-order valence-electron chi connectivity index (χ2n) is 8.12. The van der Waals surface area contributed by atoms with Crippen LogP contribution in [0.5, 0.6) is 0 Å². The summed E-state index contributed by atoms with van der Waals surface area (Å²) in [5.74, 6) is 0.809. The normalized spacial score (nSPS) is 19.3. The zero-order chi connectivity index (χ0) is 20.4. The van der Waals surface area contributed by atoms with E-state index in [1.54, 1.807) is 0 Å². The van der Waals surface area contributed by atoms with Gasteiger partial charge >= 0.3 is 6.18 Å². The van der Waals surface area contributed by atoms with E-state index in [9.17, 15) is 18.0 Å². The first kappa shape index (κ1) is 20.6. The van der Waals surface area contributed by atoms with Gasteiger partial charge in [0, 0.05) is 32.5 Å². The van der Waals surface area contributed by atoms with Crippen LogP contribution in [0.1, 0.15) is 42.7 Å². The number of benzene rings is 1. The lowest BCUT2D eigenvalue weighted by Gasteiger charge is -2.34. The maximum atomic E-state index is 12.8. The summed E-state index contributed by atoms with van der Waals surface area (Å²) in [7, 11) is 0. The number of hydrogen-bond donors (Lipinski definition) is 0. The van der Waals surface area contributed by atoms with Crippen LogP contribution in [0.2, 0.25) is 0 Å². The molecule has 0 atom stereocenters. The minimum Gasteiger partial charge on any atom is -0.343 e. The largest absolute Gasteiger partial charge is 0.416 e. The van der Waals surface area contributed by atoms with Gasteiger partial charge < -0.3 is 9.80 Å². The fourth-order valence-electron chi connectivity index (χ4n) is 4.33. The fraction of sp³-hybridized carbons (Fsp3) is 0.619. The quantitative estimate of drug-likeness (QED) is 0.704. The Morgan fingerprint density at radius 1 is 1.14 bits per heavy atom. The number of alkyl halides is 3. The van der Waals surface area contributed by atoms with E-state index < -0.39 is 11.7 Å². The molecule has 1 amide bonds. The Morgan fingerprint density at radius 3 is 2.55 bits per heavy atom. The van der Waals surface area contributed by atoms with Crippen molar-refractivity contribution < 1.29 is 18.0 Å². The minimum atomic E-state index is -4.37. The molecule has 2 aromatic rings. The number of carbonyl (C=O) groups is 1. The molecule has 0 spiro atoms. The molecule has 2 aliphatic rings. The van der Waals surface area contributed by atoms with Gasteiger partial charge in [0.2, 0.25) is 5.91 Å². The summed E-state index contributed by atoms with van der Waals surface area (Å²) in [5.41, 5.74) is -0.329. The first-order valence-electron chi connectivity index (χ1n) is 10.4. The summed E-state index contributed by atoms with van der Waals surface area (Å²) >= 11 is 1.37. The van der Waals surface area contributed by atoms with Gasteiger partial charge in [-0.15, -0.1) is 11.3 Å². The highest BCUT2D eigenvalue weighted by Gasteiger charge is 2.31. The van der Waals surface area contributed by atoms with Crippen molar-refractivity contribution >= 4 is 27.5 Å². The second kappa shape index (κ2) is 8.60. The Hall–Kier alpha value is -1.67. The van der Waals surface area contributed by atoms with E-state index in [1.807, 2.05) is 4.90 Å². The van der Waals surface area contributed by atoms with Gasteiger partial charge in [0.15, 0.2) is 0 Å². The van der Waals surface area contributed by atoms with Gasteiger partial charge in [0.25, 0.3) is 0 Å². The number of piperidine rings is 1. The monoisotopic (exact) mass is 425 g/mol. The molecule has 3 heterocycles. The van der Waals surface area contributed by atoms with Crippen LogP contribution in [0.4, 0.5) is 13.2 Å². The molecule has 1 aromatic carbocycles. The number of aryl methyl sites for hydroxylation is 1. The molecule has 0 aliphatic carbocycles. The van der Waals surface area contributed by atoms with Crippen molar-refractivity contribution in [3.8, 4) is 0 Å². The molecule has 2 aliphatic heterocycles. The lowest BCUT2D eigenvalue weighted by molar-refractivity contribution is -0.137. The number of likely N-dealkylation sites (tertiary alicyclic amines) is 2. The van der Waals surface area contributed by atoms with Gasteiger partial charge in [0.05, 0.1) is 20.8 Å². The van der Waals surface area contributed by atoms with Crippen molar-refractivity contribution in [3.63, 3.8) is 0 Å². The highest BCUT2D eigenvalue weighted by Crippen LogP contribution is 2.33. The third-order valence-electron chi connectivity index (χ3n) is 5.99. The number of hydrogen-bond acceptors (Lipinski definition) is 4. The van der Waals surface area contributed by atoms with E-state index in [1.165, 1.54) is 43.3 Å². The molecule has 0 bridgehead atoms. The topological polar surface area (TPSA) is 36.4 Å². The van der Waals surface area contributed by atoms with Crippen molar-refractivity contribution in [3.05, 3.63) is 28.8 Å². The van der Waals surface area contributed by atoms with Gasteiger partial charge in [-0.3, -0.25) is 4.79 Å². The van der Waals surface area contributed by atoms with E-state index >= 15 is 0 Å². The number of thiazole rings is 1. The third kappa shape index (κ3) is 5.09. The minimum absolute atomic E-state index is 0.125. The van der Waals surface area contributed by atoms with Gasteiger partial charge in [-0.25, -0.2) is 4.98 Å². The molecule has 0 unspecified atom stereocenters. The Morgan fingerprint density at radius 2 is 1.86 bits per heavy atom. The maximum absolute atomic E-state index is 12.8. The van der Waals surface area contributed by atoms with Crippen LogP contribution < -0.4 is 0 Å². The van der Waals surface area contributed by atoms with Crippen LogP contribution in [-0.4, -0.2) is 53.4 Å². The molecule has 0 N–H and O–H groups in total. The third-order valence-corrected chi connectivity index (χ3v) is 7.09. The lowest BCUT2D eigenvalue weighted by Crippen LogP contribution is -2.41. The van der Waals surface area contributed by atoms with E-state index in [0.29, 0.717) is 24.3 Å². The number of carbonyl (C=O) groups excluding carboxylic acids is 1. The van der Waals surface area contributed by atoms with Gasteiger partial charge in [-0.2, -0.15) is 13.2 Å². The number of nitrogens with zero attached hydrogens (tertiary/aromatic N) is 3. The average Bonchev–Trinajstić information content (AvgIpc) is 3.34. The van der Waals surface area contributed by atoms with E-state index in [-0.39, 0.29) is 5.91 Å². The van der Waals surface area contributed by atoms with Crippen LogP contribution in [0.25, 0.3) is 10.2 Å². The predicted octanol–water partition coefficient (Wildman–Crippen LogP) is 4.58. The van der Waals surface area contributed by atoms with Crippen molar-refractivity contribution in [2.45, 2.75) is 44.7 Å². The Kier molecular flexibility index (Phi) is 6.11. The molecule has 0 radical (unpaired) electrons. The molecular formula is C21H26F3N3OS. The van der Waals surface area contributed by atoms with Crippen molar-refractivity contribution in [1.29, 1.82) is 0 Å². The molecule has 29 heavy (non-hydrogen) atoms. The van der Waals surface area contributed by atoms with Crippen LogP contribution in [0, 0.1) is 5.92 Å². The van der Waals surface area contributed by atoms with Crippen molar-refractivity contribution in [2.75, 3.05) is 32.7 Å². The number of amides is 1. The first-order chi connectivity index (χ1) is 13.9. The molecule has 1 aromatic heterocycles. The van der Waals surface area contributed by atoms with E-state index in [2.05, 4.69) is 9.88 Å².